The van der Waals surface area contributed by atoms with Gasteiger partial charge in [0.25, 0.3) is 0 Å². The fraction of sp³-hybridized carbons (Fsp3) is 0.357. The Morgan fingerprint density at radius 2 is 2.16 bits per heavy atom. The maximum Gasteiger partial charge on any atom is 0.226 e. The summed E-state index contributed by atoms with van der Waals surface area (Å²) in [5.41, 5.74) is 1.83. The third kappa shape index (κ3) is 4.21. The molecule has 0 saturated heterocycles. The van der Waals surface area contributed by atoms with E-state index in [9.17, 15) is 0 Å². The van der Waals surface area contributed by atoms with Crippen LogP contribution >= 0.6 is 0 Å². The maximum atomic E-state index is 5.52. The number of pyridine rings is 1. The van der Waals surface area contributed by atoms with E-state index in [-0.39, 0.29) is 0 Å². The van der Waals surface area contributed by atoms with Gasteiger partial charge in [-0.15, -0.1) is 0 Å². The second kappa shape index (κ2) is 6.68. The minimum absolute atomic E-state index is 0.566. The molecule has 2 aromatic rings. The van der Waals surface area contributed by atoms with Gasteiger partial charge in [0, 0.05) is 18.0 Å². The monoisotopic (exact) mass is 258 g/mol. The summed E-state index contributed by atoms with van der Waals surface area (Å²) in [5.74, 6) is 1.18. The summed E-state index contributed by atoms with van der Waals surface area (Å²) < 4.78 is 5.52. The van der Waals surface area contributed by atoms with Crippen LogP contribution in [0.2, 0.25) is 0 Å². The highest BCUT2D eigenvalue weighted by atomic mass is 16.5. The first-order valence-corrected chi connectivity index (χ1v) is 6.40. The molecule has 0 radical (unpaired) electrons. The average molecular weight is 258 g/mol. The molecule has 0 spiro atoms. The summed E-state index contributed by atoms with van der Waals surface area (Å²) in [4.78, 5) is 12.9. The molecule has 5 heteroatoms. The van der Waals surface area contributed by atoms with E-state index in [1.165, 1.54) is 0 Å². The Morgan fingerprint density at radius 3 is 2.89 bits per heavy atom. The molecule has 2 aromatic heterocycles. The van der Waals surface area contributed by atoms with Gasteiger partial charge < -0.3 is 10.1 Å². The highest BCUT2D eigenvalue weighted by Crippen LogP contribution is 2.12. The smallest absolute Gasteiger partial charge is 0.226 e. The van der Waals surface area contributed by atoms with E-state index >= 15 is 0 Å². The molecule has 0 aromatic carbocycles. The molecule has 0 saturated carbocycles. The minimum Gasteiger partial charge on any atom is -0.478 e. The number of aromatic nitrogens is 3. The summed E-state index contributed by atoms with van der Waals surface area (Å²) in [6, 6.07) is 7.64. The van der Waals surface area contributed by atoms with Crippen LogP contribution in [0.15, 0.2) is 30.5 Å². The van der Waals surface area contributed by atoms with Crippen LogP contribution in [0.3, 0.4) is 0 Å². The van der Waals surface area contributed by atoms with Crippen molar-refractivity contribution in [2.75, 3.05) is 11.9 Å². The van der Waals surface area contributed by atoms with Crippen molar-refractivity contribution in [1.29, 1.82) is 0 Å². The molecule has 0 aliphatic heterocycles. The lowest BCUT2D eigenvalue weighted by Gasteiger charge is -2.08. The standard InChI is InChI=1S/C14H18N4O/c1-3-8-19-13-9-11(2)17-14(18-13)16-10-12-6-4-5-7-15-12/h4-7,9H,3,8,10H2,1-2H3,(H,16,17,18). The number of rotatable bonds is 6. The number of aryl methyl sites for hydroxylation is 1. The molecule has 0 amide bonds. The maximum absolute atomic E-state index is 5.52. The lowest BCUT2D eigenvalue weighted by molar-refractivity contribution is 0.305. The van der Waals surface area contributed by atoms with Crippen LogP contribution in [0.5, 0.6) is 5.88 Å². The van der Waals surface area contributed by atoms with Gasteiger partial charge in [-0.25, -0.2) is 4.98 Å². The van der Waals surface area contributed by atoms with Crippen molar-refractivity contribution in [3.8, 4) is 5.88 Å². The average Bonchev–Trinajstić information content (AvgIpc) is 2.43. The lowest BCUT2D eigenvalue weighted by Crippen LogP contribution is -2.07. The molecule has 2 rings (SSSR count). The van der Waals surface area contributed by atoms with Gasteiger partial charge in [-0.3, -0.25) is 4.98 Å². The third-order valence-corrected chi connectivity index (χ3v) is 2.44. The van der Waals surface area contributed by atoms with Crippen LogP contribution in [-0.4, -0.2) is 21.6 Å². The molecule has 0 unspecified atom stereocenters. The first-order valence-electron chi connectivity index (χ1n) is 6.40. The third-order valence-electron chi connectivity index (χ3n) is 2.44. The highest BCUT2D eigenvalue weighted by molar-refractivity contribution is 5.31. The Kier molecular flexibility index (Phi) is 4.66. The summed E-state index contributed by atoms with van der Waals surface area (Å²) in [6.45, 7) is 5.24. The molecule has 1 N–H and O–H groups in total. The Bertz CT molecular complexity index is 516. The minimum atomic E-state index is 0.566. The van der Waals surface area contributed by atoms with E-state index in [1.54, 1.807) is 6.20 Å². The van der Waals surface area contributed by atoms with E-state index in [2.05, 4.69) is 27.2 Å². The fourth-order valence-corrected chi connectivity index (χ4v) is 1.57. The molecule has 19 heavy (non-hydrogen) atoms. The van der Waals surface area contributed by atoms with Crippen LogP contribution in [0, 0.1) is 6.92 Å². The van der Waals surface area contributed by atoms with E-state index in [0.717, 1.165) is 17.8 Å². The number of anilines is 1. The number of hydrogen-bond acceptors (Lipinski definition) is 5. The first kappa shape index (κ1) is 13.3. The zero-order valence-corrected chi connectivity index (χ0v) is 11.3. The Balaban J connectivity index is 2.01. The molecule has 2 heterocycles. The molecule has 0 fully saturated rings. The van der Waals surface area contributed by atoms with Crippen molar-refractivity contribution < 1.29 is 4.74 Å². The zero-order valence-electron chi connectivity index (χ0n) is 11.3. The normalized spacial score (nSPS) is 10.2. The SMILES string of the molecule is CCCOc1cc(C)nc(NCc2ccccn2)n1. The molecule has 5 nitrogen and oxygen atoms in total. The lowest BCUT2D eigenvalue weighted by atomic mass is 10.3. The van der Waals surface area contributed by atoms with Crippen LogP contribution < -0.4 is 10.1 Å². The molecule has 0 aliphatic rings. The van der Waals surface area contributed by atoms with Gasteiger partial charge in [0.15, 0.2) is 0 Å². The van der Waals surface area contributed by atoms with Crippen molar-refractivity contribution in [2.24, 2.45) is 0 Å². The quantitative estimate of drug-likeness (QED) is 0.863. The van der Waals surface area contributed by atoms with Gasteiger partial charge in [-0.05, 0) is 25.5 Å². The molecular weight excluding hydrogens is 240 g/mol. The van der Waals surface area contributed by atoms with Crippen LogP contribution in [0.25, 0.3) is 0 Å². The summed E-state index contributed by atoms with van der Waals surface area (Å²) in [6.07, 6.45) is 2.73. The Labute approximate surface area is 113 Å². The zero-order chi connectivity index (χ0) is 13.5. The molecule has 0 bridgehead atoms. The van der Waals surface area contributed by atoms with Crippen LogP contribution in [-0.2, 0) is 6.54 Å². The van der Waals surface area contributed by atoms with Crippen molar-refractivity contribution in [1.82, 2.24) is 15.0 Å². The summed E-state index contributed by atoms with van der Waals surface area (Å²) in [5, 5.41) is 3.15. The number of hydrogen-bond donors (Lipinski definition) is 1. The number of nitrogens with one attached hydrogen (secondary N) is 1. The van der Waals surface area contributed by atoms with Crippen LogP contribution in [0.1, 0.15) is 24.7 Å². The van der Waals surface area contributed by atoms with E-state index < -0.39 is 0 Å². The van der Waals surface area contributed by atoms with Gasteiger partial charge in [-0.1, -0.05) is 13.0 Å². The van der Waals surface area contributed by atoms with Gasteiger partial charge in [0.1, 0.15) is 0 Å². The molecule has 0 atom stereocenters. The van der Waals surface area contributed by atoms with E-state index in [1.807, 2.05) is 31.2 Å². The predicted molar refractivity (Wildman–Crippen MR) is 74.1 cm³/mol. The molecule has 0 aliphatic carbocycles. The largest absolute Gasteiger partial charge is 0.478 e. The summed E-state index contributed by atoms with van der Waals surface area (Å²) in [7, 11) is 0. The first-order chi connectivity index (χ1) is 9.28. The second-order valence-electron chi connectivity index (χ2n) is 4.19. The second-order valence-corrected chi connectivity index (χ2v) is 4.19. The van der Waals surface area contributed by atoms with Gasteiger partial charge >= 0.3 is 0 Å². The number of nitrogens with zero attached hydrogens (tertiary/aromatic N) is 3. The Hall–Kier alpha value is -2.17. The van der Waals surface area contributed by atoms with E-state index in [4.69, 9.17) is 4.74 Å². The van der Waals surface area contributed by atoms with Crippen molar-refractivity contribution in [2.45, 2.75) is 26.8 Å². The molecular formula is C14H18N4O. The topological polar surface area (TPSA) is 59.9 Å². The fourth-order valence-electron chi connectivity index (χ4n) is 1.57. The van der Waals surface area contributed by atoms with Crippen LogP contribution in [0.4, 0.5) is 5.95 Å². The van der Waals surface area contributed by atoms with Crippen molar-refractivity contribution in [3.63, 3.8) is 0 Å². The number of ether oxygens (including phenoxy) is 1. The summed E-state index contributed by atoms with van der Waals surface area (Å²) >= 11 is 0. The van der Waals surface area contributed by atoms with Crippen molar-refractivity contribution >= 4 is 5.95 Å². The van der Waals surface area contributed by atoms with Gasteiger partial charge in [-0.2, -0.15) is 4.98 Å². The van der Waals surface area contributed by atoms with Gasteiger partial charge in [0.05, 0.1) is 18.8 Å². The Morgan fingerprint density at radius 1 is 1.26 bits per heavy atom. The van der Waals surface area contributed by atoms with Crippen molar-refractivity contribution in [3.05, 3.63) is 41.9 Å². The predicted octanol–water partition coefficient (Wildman–Crippen LogP) is 2.58. The highest BCUT2D eigenvalue weighted by Gasteiger charge is 2.03. The molecule has 100 valence electrons. The van der Waals surface area contributed by atoms with E-state index in [0.29, 0.717) is 25.0 Å². The van der Waals surface area contributed by atoms with Gasteiger partial charge in [0.2, 0.25) is 11.8 Å².